The maximum Gasteiger partial charge on any atom is 0.262 e. The van der Waals surface area contributed by atoms with E-state index in [1.54, 1.807) is 24.3 Å². The lowest BCUT2D eigenvalue weighted by molar-refractivity contribution is -0.118. The summed E-state index contributed by atoms with van der Waals surface area (Å²) in [6.45, 7) is -0.232. The molecule has 0 aliphatic carbocycles. The van der Waals surface area contributed by atoms with Gasteiger partial charge in [0.1, 0.15) is 0 Å². The Balaban J connectivity index is 1.97. The Morgan fingerprint density at radius 1 is 0.952 bits per heavy atom. The van der Waals surface area contributed by atoms with Gasteiger partial charge in [0.15, 0.2) is 12.4 Å². The van der Waals surface area contributed by atoms with Crippen molar-refractivity contribution in [3.8, 4) is 5.75 Å². The van der Waals surface area contributed by atoms with Crippen molar-refractivity contribution >= 4 is 58.0 Å². The van der Waals surface area contributed by atoms with Gasteiger partial charge in [-0.3, -0.25) is 4.79 Å². The van der Waals surface area contributed by atoms with Crippen LogP contribution in [0.3, 0.4) is 0 Å². The molecular weight excluding hydrogens is 356 g/mol. The van der Waals surface area contributed by atoms with E-state index in [-0.39, 0.29) is 28.3 Å². The van der Waals surface area contributed by atoms with Crippen molar-refractivity contribution in [1.29, 1.82) is 0 Å². The molecule has 2 aromatic rings. The number of carbonyl (C=O) groups is 1. The highest BCUT2D eigenvalue weighted by atomic mass is 35.5. The van der Waals surface area contributed by atoms with Gasteiger partial charge in [-0.15, -0.1) is 0 Å². The lowest BCUT2D eigenvalue weighted by Crippen LogP contribution is -2.20. The van der Waals surface area contributed by atoms with Gasteiger partial charge in [-0.05, 0) is 36.4 Å². The molecule has 1 N–H and O–H groups in total. The Bertz CT molecular complexity index is 636. The summed E-state index contributed by atoms with van der Waals surface area (Å²) in [5.41, 5.74) is 0.612. The third kappa shape index (κ3) is 4.68. The van der Waals surface area contributed by atoms with Crippen LogP contribution in [0.2, 0.25) is 20.1 Å². The lowest BCUT2D eigenvalue weighted by atomic mass is 10.3. The second-order valence-corrected chi connectivity index (χ2v) is 5.73. The van der Waals surface area contributed by atoms with Crippen LogP contribution in [0.15, 0.2) is 36.4 Å². The van der Waals surface area contributed by atoms with Crippen LogP contribution in [0, 0.1) is 0 Å². The van der Waals surface area contributed by atoms with Crippen LogP contribution in [0.4, 0.5) is 5.69 Å². The second-order valence-electron chi connectivity index (χ2n) is 4.04. The van der Waals surface area contributed by atoms with Crippen LogP contribution in [-0.4, -0.2) is 12.5 Å². The summed E-state index contributed by atoms with van der Waals surface area (Å²) < 4.78 is 5.32. The first-order valence-electron chi connectivity index (χ1n) is 5.78. The average molecular weight is 365 g/mol. The van der Waals surface area contributed by atoms with Crippen molar-refractivity contribution in [3.63, 3.8) is 0 Å². The maximum absolute atomic E-state index is 11.8. The van der Waals surface area contributed by atoms with Crippen molar-refractivity contribution in [1.82, 2.24) is 0 Å². The highest BCUT2D eigenvalue weighted by Gasteiger charge is 2.11. The van der Waals surface area contributed by atoms with Crippen LogP contribution < -0.4 is 10.1 Å². The van der Waals surface area contributed by atoms with Gasteiger partial charge in [0, 0.05) is 15.7 Å². The van der Waals surface area contributed by atoms with Gasteiger partial charge in [-0.25, -0.2) is 0 Å². The minimum absolute atomic E-state index is 0.217. The molecular formula is C14H9Cl4NO2. The van der Waals surface area contributed by atoms with Crippen LogP contribution in [0.1, 0.15) is 0 Å². The Kier molecular flexibility index (Phi) is 5.59. The average Bonchev–Trinajstić information content (AvgIpc) is 2.40. The topological polar surface area (TPSA) is 38.3 Å². The van der Waals surface area contributed by atoms with E-state index in [1.165, 1.54) is 12.1 Å². The van der Waals surface area contributed by atoms with Gasteiger partial charge >= 0.3 is 0 Å². The fraction of sp³-hybridized carbons (Fsp3) is 0.0714. The normalized spacial score (nSPS) is 10.3. The zero-order valence-corrected chi connectivity index (χ0v) is 13.5. The molecule has 0 fully saturated rings. The number of amides is 1. The second kappa shape index (κ2) is 7.23. The van der Waals surface area contributed by atoms with Gasteiger partial charge in [0.2, 0.25) is 0 Å². The van der Waals surface area contributed by atoms with E-state index >= 15 is 0 Å². The van der Waals surface area contributed by atoms with Gasteiger partial charge in [0.25, 0.3) is 5.91 Å². The van der Waals surface area contributed by atoms with E-state index in [4.69, 9.17) is 51.1 Å². The first kappa shape index (κ1) is 16.2. The Morgan fingerprint density at radius 3 is 2.10 bits per heavy atom. The number of ether oxygens (including phenoxy) is 1. The summed E-state index contributed by atoms with van der Waals surface area (Å²) in [6.07, 6.45) is 0. The molecule has 0 aliphatic heterocycles. The van der Waals surface area contributed by atoms with Crippen LogP contribution in [-0.2, 0) is 4.79 Å². The summed E-state index contributed by atoms with van der Waals surface area (Å²) in [4.78, 5) is 11.8. The van der Waals surface area contributed by atoms with E-state index in [1.807, 2.05) is 0 Å². The molecule has 0 saturated carbocycles. The van der Waals surface area contributed by atoms with Crippen molar-refractivity contribution in [3.05, 3.63) is 56.5 Å². The molecule has 0 spiro atoms. The quantitative estimate of drug-likeness (QED) is 0.797. The standard InChI is InChI=1S/C14H9Cl4NO2/c15-8-1-3-10(4-2-8)19-13(20)7-21-14-11(17)5-9(16)6-12(14)18/h1-6H,7H2,(H,19,20). The molecule has 0 aliphatic rings. The van der Waals surface area contributed by atoms with E-state index in [2.05, 4.69) is 5.32 Å². The first-order chi connectivity index (χ1) is 9.95. The van der Waals surface area contributed by atoms with Crippen LogP contribution in [0.5, 0.6) is 5.75 Å². The third-order valence-electron chi connectivity index (χ3n) is 2.44. The fourth-order valence-electron chi connectivity index (χ4n) is 1.53. The molecule has 0 unspecified atom stereocenters. The van der Waals surface area contributed by atoms with Crippen LogP contribution >= 0.6 is 46.4 Å². The highest BCUT2D eigenvalue weighted by Crippen LogP contribution is 2.35. The van der Waals surface area contributed by atoms with Crippen molar-refractivity contribution < 1.29 is 9.53 Å². The summed E-state index contributed by atoms with van der Waals surface area (Å²) >= 11 is 23.5. The van der Waals surface area contributed by atoms with Crippen molar-refractivity contribution in [2.75, 3.05) is 11.9 Å². The molecule has 0 aromatic heterocycles. The molecule has 0 radical (unpaired) electrons. The molecule has 0 bridgehead atoms. The summed E-state index contributed by atoms with van der Waals surface area (Å²) in [5.74, 6) is -0.131. The van der Waals surface area contributed by atoms with Gasteiger partial charge in [-0.1, -0.05) is 46.4 Å². The minimum atomic E-state index is -0.348. The van der Waals surface area contributed by atoms with Crippen LogP contribution in [0.25, 0.3) is 0 Å². The molecule has 0 saturated heterocycles. The fourth-order valence-corrected chi connectivity index (χ4v) is 2.59. The SMILES string of the molecule is O=C(COc1c(Cl)cc(Cl)cc1Cl)Nc1ccc(Cl)cc1. The number of carbonyl (C=O) groups excluding carboxylic acids is 1. The first-order valence-corrected chi connectivity index (χ1v) is 7.29. The highest BCUT2D eigenvalue weighted by molar-refractivity contribution is 6.40. The molecule has 0 atom stereocenters. The van der Waals surface area contributed by atoms with Gasteiger partial charge in [0.05, 0.1) is 10.0 Å². The van der Waals surface area contributed by atoms with E-state index < -0.39 is 0 Å². The molecule has 110 valence electrons. The zero-order chi connectivity index (χ0) is 15.4. The number of hydrogen-bond acceptors (Lipinski definition) is 2. The number of nitrogens with one attached hydrogen (secondary N) is 1. The Morgan fingerprint density at radius 2 is 1.52 bits per heavy atom. The maximum atomic E-state index is 11.8. The zero-order valence-electron chi connectivity index (χ0n) is 10.5. The monoisotopic (exact) mass is 363 g/mol. The number of hydrogen-bond donors (Lipinski definition) is 1. The van der Waals surface area contributed by atoms with E-state index in [0.29, 0.717) is 15.7 Å². The minimum Gasteiger partial charge on any atom is -0.481 e. The summed E-state index contributed by atoms with van der Waals surface area (Å²) in [6, 6.07) is 9.68. The number of anilines is 1. The van der Waals surface area contributed by atoms with Crippen molar-refractivity contribution in [2.24, 2.45) is 0 Å². The number of rotatable bonds is 4. The molecule has 0 heterocycles. The van der Waals surface area contributed by atoms with Gasteiger partial charge in [-0.2, -0.15) is 0 Å². The van der Waals surface area contributed by atoms with E-state index in [9.17, 15) is 4.79 Å². The molecule has 7 heteroatoms. The predicted octanol–water partition coefficient (Wildman–Crippen LogP) is 5.32. The Hall–Kier alpha value is -1.13. The third-order valence-corrected chi connectivity index (χ3v) is 3.47. The lowest BCUT2D eigenvalue weighted by Gasteiger charge is -2.10. The number of halogens is 4. The molecule has 3 nitrogen and oxygen atoms in total. The molecule has 2 aromatic carbocycles. The predicted molar refractivity (Wildman–Crippen MR) is 87.0 cm³/mol. The number of benzene rings is 2. The Labute approximate surface area is 141 Å². The summed E-state index contributed by atoms with van der Waals surface area (Å²) in [7, 11) is 0. The smallest absolute Gasteiger partial charge is 0.262 e. The summed E-state index contributed by atoms with van der Waals surface area (Å²) in [5, 5.41) is 4.12. The van der Waals surface area contributed by atoms with Gasteiger partial charge < -0.3 is 10.1 Å². The van der Waals surface area contributed by atoms with Crippen molar-refractivity contribution in [2.45, 2.75) is 0 Å². The molecule has 2 rings (SSSR count). The molecule has 1 amide bonds. The molecule has 21 heavy (non-hydrogen) atoms. The largest absolute Gasteiger partial charge is 0.481 e. The van der Waals surface area contributed by atoms with E-state index in [0.717, 1.165) is 0 Å².